The Morgan fingerprint density at radius 1 is 1.12 bits per heavy atom. The van der Waals surface area contributed by atoms with Gasteiger partial charge in [0.1, 0.15) is 18.5 Å². The van der Waals surface area contributed by atoms with E-state index < -0.39 is 63.6 Å². The van der Waals surface area contributed by atoms with Crippen molar-refractivity contribution < 1.29 is 49.3 Å². The van der Waals surface area contributed by atoms with Crippen LogP contribution in [0.3, 0.4) is 0 Å². The lowest BCUT2D eigenvalue weighted by atomic mass is 10.0. The van der Waals surface area contributed by atoms with Crippen molar-refractivity contribution in [2.24, 2.45) is 0 Å². The number of hydrogen-bond acceptors (Lipinski definition) is 6. The summed E-state index contributed by atoms with van der Waals surface area (Å²) < 4.78 is 120. The van der Waals surface area contributed by atoms with Crippen molar-refractivity contribution in [1.29, 1.82) is 0 Å². The lowest BCUT2D eigenvalue weighted by Gasteiger charge is -2.34. The minimum Gasteiger partial charge on any atom is -0.487 e. The maximum atomic E-state index is 13.8. The van der Waals surface area contributed by atoms with Crippen LogP contribution in [0.4, 0.5) is 32.0 Å². The Balaban J connectivity index is 1.81. The quantitative estimate of drug-likeness (QED) is 0.246. The number of alkyl halides is 6. The molecule has 1 atom stereocenters. The smallest absolute Gasteiger partial charge is 0.417 e. The topological polar surface area (TPSA) is 89.0 Å². The van der Waals surface area contributed by atoms with E-state index in [1.807, 2.05) is 0 Å². The number of sulfonamides is 1. The maximum absolute atomic E-state index is 13.8. The van der Waals surface area contributed by atoms with Gasteiger partial charge >= 0.3 is 12.4 Å². The zero-order valence-electron chi connectivity index (χ0n) is 21.0. The third-order valence-corrected chi connectivity index (χ3v) is 7.95. The number of hydrogen-bond donors (Lipinski definition) is 1. The van der Waals surface area contributed by atoms with E-state index in [9.17, 15) is 34.8 Å². The van der Waals surface area contributed by atoms with Gasteiger partial charge in [0.05, 0.1) is 30.0 Å². The molecule has 2 heterocycles. The average Bonchev–Trinajstić information content (AvgIpc) is 2.89. The summed E-state index contributed by atoms with van der Waals surface area (Å²) >= 11 is 6.01. The van der Waals surface area contributed by atoms with Crippen molar-refractivity contribution in [1.82, 2.24) is 4.98 Å². The highest BCUT2D eigenvalue weighted by Gasteiger charge is 2.39. The minimum atomic E-state index is -4.92. The van der Waals surface area contributed by atoms with E-state index in [2.05, 4.69) is 4.98 Å². The minimum absolute atomic E-state index is 0.0657. The Morgan fingerprint density at radius 3 is 2.51 bits per heavy atom. The van der Waals surface area contributed by atoms with Gasteiger partial charge in [-0.2, -0.15) is 26.3 Å². The van der Waals surface area contributed by atoms with Crippen LogP contribution in [0, 0.1) is 0 Å². The largest absolute Gasteiger partial charge is 0.487 e. The van der Waals surface area contributed by atoms with Gasteiger partial charge < -0.3 is 14.6 Å². The molecule has 0 aliphatic carbocycles. The third-order valence-electron chi connectivity index (χ3n) is 5.85. The molecule has 1 unspecified atom stereocenters. The molecule has 0 fully saturated rings. The van der Waals surface area contributed by atoms with Crippen molar-refractivity contribution in [2.45, 2.75) is 30.3 Å². The first-order chi connectivity index (χ1) is 19.1. The second kappa shape index (κ2) is 11.4. The summed E-state index contributed by atoms with van der Waals surface area (Å²) in [6.45, 7) is 0.231. The van der Waals surface area contributed by atoms with Crippen LogP contribution in [-0.4, -0.2) is 44.4 Å². The summed E-state index contributed by atoms with van der Waals surface area (Å²) in [6, 6.07) is 7.84. The van der Waals surface area contributed by atoms with E-state index in [-0.39, 0.29) is 34.1 Å². The summed E-state index contributed by atoms with van der Waals surface area (Å²) in [5.74, 6) is -0.585. The highest BCUT2D eigenvalue weighted by atomic mass is 35.5. The fourth-order valence-corrected chi connectivity index (χ4v) is 5.91. The lowest BCUT2D eigenvalue weighted by molar-refractivity contribution is -0.138. The first-order valence-electron chi connectivity index (χ1n) is 11.8. The van der Waals surface area contributed by atoms with Crippen molar-refractivity contribution in [3.63, 3.8) is 0 Å². The normalized spacial score (nSPS) is 16.0. The Hall–Kier alpha value is -3.49. The Kier molecular flexibility index (Phi) is 8.48. The highest BCUT2D eigenvalue weighted by molar-refractivity contribution is 7.93. The first-order valence-corrected chi connectivity index (χ1v) is 13.6. The second-order valence-corrected chi connectivity index (χ2v) is 11.1. The van der Waals surface area contributed by atoms with Gasteiger partial charge in [0, 0.05) is 16.8 Å². The van der Waals surface area contributed by atoms with Crippen LogP contribution in [0.25, 0.3) is 12.2 Å². The zero-order valence-corrected chi connectivity index (χ0v) is 22.6. The van der Waals surface area contributed by atoms with Crippen LogP contribution in [0.5, 0.6) is 11.6 Å². The summed E-state index contributed by atoms with van der Waals surface area (Å²) in [5.41, 5.74) is -2.46. The summed E-state index contributed by atoms with van der Waals surface area (Å²) in [5, 5.41) is 8.91. The van der Waals surface area contributed by atoms with Gasteiger partial charge in [-0.25, -0.2) is 13.4 Å². The van der Waals surface area contributed by atoms with E-state index in [4.69, 9.17) is 26.2 Å². The molecule has 0 bridgehead atoms. The number of aliphatic hydroxyl groups excluding tert-OH is 1. The molecule has 0 radical (unpaired) electrons. The number of ether oxygens (including phenoxy) is 2. The molecular formula is C26H21ClF6N2O5S. The molecule has 4 rings (SSSR count). The molecule has 1 aliphatic heterocycles. The number of aromatic nitrogens is 1. The molecule has 2 aromatic carbocycles. The number of benzene rings is 2. The number of rotatable bonds is 7. The van der Waals surface area contributed by atoms with Crippen LogP contribution in [0.15, 0.2) is 53.6 Å². The molecule has 1 aliphatic rings. The molecular weight excluding hydrogens is 602 g/mol. The number of fused-ring (bicyclic) bond motifs is 1. The number of nitrogens with zero attached hydrogens (tertiary/aromatic N) is 2. The molecule has 1 N–H and O–H groups in total. The summed E-state index contributed by atoms with van der Waals surface area (Å²) in [4.78, 5) is 2.63. The van der Waals surface area contributed by atoms with Gasteiger partial charge in [-0.15, -0.1) is 0 Å². The van der Waals surface area contributed by atoms with Gasteiger partial charge in [-0.05, 0) is 42.8 Å². The van der Waals surface area contributed by atoms with E-state index in [1.54, 1.807) is 6.92 Å². The number of pyridine rings is 1. The van der Waals surface area contributed by atoms with E-state index in [0.717, 1.165) is 22.5 Å². The molecule has 1 aromatic heterocycles. The SMILES string of the molecule is CC1CN(S(=O)(=O)c2cc(C(F)(F)F)cnc2OCCO)c2cc(C=Cc3c(Cl)cccc3C(F)(F)F)ccc2O1. The molecule has 220 valence electrons. The monoisotopic (exact) mass is 622 g/mol. The third kappa shape index (κ3) is 6.54. The van der Waals surface area contributed by atoms with Gasteiger partial charge in [0.25, 0.3) is 10.0 Å². The molecule has 0 amide bonds. The van der Waals surface area contributed by atoms with Crippen molar-refractivity contribution in [3.05, 3.63) is 75.9 Å². The predicted octanol–water partition coefficient (Wildman–Crippen LogP) is 6.29. The van der Waals surface area contributed by atoms with Crippen LogP contribution in [0.1, 0.15) is 29.2 Å². The molecule has 0 saturated carbocycles. The number of anilines is 1. The van der Waals surface area contributed by atoms with E-state index in [1.165, 1.54) is 30.3 Å². The fourth-order valence-electron chi connectivity index (χ4n) is 4.02. The van der Waals surface area contributed by atoms with Crippen molar-refractivity contribution >= 4 is 39.5 Å². The predicted molar refractivity (Wildman–Crippen MR) is 138 cm³/mol. The first kappa shape index (κ1) is 30.5. The molecule has 41 heavy (non-hydrogen) atoms. The lowest BCUT2D eigenvalue weighted by Crippen LogP contribution is -2.42. The average molecular weight is 623 g/mol. The van der Waals surface area contributed by atoms with Crippen molar-refractivity contribution in [3.8, 4) is 11.6 Å². The van der Waals surface area contributed by atoms with Crippen LogP contribution < -0.4 is 13.8 Å². The fraction of sp³-hybridized carbons (Fsp3) is 0.269. The molecule has 0 saturated heterocycles. The van der Waals surface area contributed by atoms with Crippen LogP contribution in [-0.2, 0) is 22.4 Å². The van der Waals surface area contributed by atoms with Gasteiger partial charge in [0.2, 0.25) is 5.88 Å². The second-order valence-electron chi connectivity index (χ2n) is 8.82. The molecule has 15 heteroatoms. The van der Waals surface area contributed by atoms with Crippen molar-refractivity contribution in [2.75, 3.05) is 24.1 Å². The molecule has 3 aromatic rings. The van der Waals surface area contributed by atoms with Gasteiger partial charge in [0.15, 0.2) is 4.90 Å². The Labute approximate surface area is 235 Å². The van der Waals surface area contributed by atoms with E-state index >= 15 is 0 Å². The van der Waals surface area contributed by atoms with Crippen LogP contribution in [0.2, 0.25) is 5.02 Å². The molecule has 0 spiro atoms. The number of halogens is 7. The Morgan fingerprint density at radius 2 is 1.85 bits per heavy atom. The standard InChI is InChI=1S/C26H21ClF6N2O5S/c1-15-14-35(41(37,38)23-12-17(25(28,29)30)13-34-24(23)39-10-9-36)21-11-16(6-8-22(21)40-15)5-7-18-19(26(31,32)33)3-2-4-20(18)27/h2-8,11-13,15,36H,9-10,14H2,1H3. The van der Waals surface area contributed by atoms with E-state index in [0.29, 0.717) is 12.3 Å². The maximum Gasteiger partial charge on any atom is 0.417 e. The Bertz CT molecular complexity index is 1580. The summed E-state index contributed by atoms with van der Waals surface area (Å²) in [7, 11) is -4.78. The highest BCUT2D eigenvalue weighted by Crippen LogP contribution is 2.41. The van der Waals surface area contributed by atoms with Crippen LogP contribution >= 0.6 is 11.6 Å². The summed E-state index contributed by atoms with van der Waals surface area (Å²) in [6.07, 6.45) is -7.53. The zero-order chi connectivity index (χ0) is 30.2. The van der Waals surface area contributed by atoms with Gasteiger partial charge in [-0.1, -0.05) is 35.9 Å². The molecule has 7 nitrogen and oxygen atoms in total. The number of aliphatic hydroxyl groups is 1. The van der Waals surface area contributed by atoms with Gasteiger partial charge in [-0.3, -0.25) is 4.31 Å².